The van der Waals surface area contributed by atoms with Crippen molar-refractivity contribution in [1.82, 2.24) is 4.98 Å². The zero-order valence-corrected chi connectivity index (χ0v) is 25.8. The summed E-state index contributed by atoms with van der Waals surface area (Å²) in [5.74, 6) is -2.73. The van der Waals surface area contributed by atoms with Crippen molar-refractivity contribution in [2.24, 2.45) is 5.92 Å². The first-order chi connectivity index (χ1) is 20.6. The molecule has 2 aromatic carbocycles. The summed E-state index contributed by atoms with van der Waals surface area (Å²) in [5, 5.41) is 13.0. The number of carbonyl (C=O) groups excluding carboxylic acids is 2. The average molecular weight is 633 g/mol. The zero-order valence-electron chi connectivity index (χ0n) is 25.0. The lowest BCUT2D eigenvalue weighted by Gasteiger charge is -2.34. The summed E-state index contributed by atoms with van der Waals surface area (Å²) >= 11 is 5.92. The van der Waals surface area contributed by atoms with Gasteiger partial charge in [0.2, 0.25) is 5.91 Å². The topological polar surface area (TPSA) is 97.8 Å². The molecule has 2 N–H and O–H groups in total. The Hall–Kier alpha value is -3.63. The van der Waals surface area contributed by atoms with E-state index in [9.17, 15) is 27.9 Å². The fourth-order valence-electron chi connectivity index (χ4n) is 5.24. The van der Waals surface area contributed by atoms with Gasteiger partial charge in [-0.05, 0) is 108 Å². The quantitative estimate of drug-likeness (QED) is 0.231. The molecule has 11 heteroatoms. The lowest BCUT2D eigenvalue weighted by Crippen LogP contribution is -2.32. The first-order valence-electron chi connectivity index (χ1n) is 14.4. The van der Waals surface area contributed by atoms with Crippen LogP contribution >= 0.6 is 11.6 Å². The van der Waals surface area contributed by atoms with E-state index in [0.717, 1.165) is 25.0 Å². The van der Waals surface area contributed by atoms with E-state index in [4.69, 9.17) is 16.3 Å². The van der Waals surface area contributed by atoms with Crippen LogP contribution in [-0.2, 0) is 9.53 Å². The van der Waals surface area contributed by atoms with E-state index in [2.05, 4.69) is 15.0 Å². The Bertz CT molecular complexity index is 1460. The van der Waals surface area contributed by atoms with E-state index in [1.807, 2.05) is 0 Å². The van der Waals surface area contributed by atoms with Gasteiger partial charge < -0.3 is 19.9 Å². The van der Waals surface area contributed by atoms with Crippen molar-refractivity contribution in [3.8, 4) is 16.9 Å². The van der Waals surface area contributed by atoms with Crippen molar-refractivity contribution in [3.63, 3.8) is 0 Å². The highest BCUT2D eigenvalue weighted by Crippen LogP contribution is 2.39. The number of aromatic nitrogens is 1. The molecule has 1 heterocycles. The molecule has 1 amide bonds. The number of hydrogen-bond acceptors (Lipinski definition) is 6. The third-order valence-corrected chi connectivity index (χ3v) is 7.85. The van der Waals surface area contributed by atoms with Crippen LogP contribution in [-0.4, -0.2) is 39.8 Å². The van der Waals surface area contributed by atoms with Crippen LogP contribution in [0.15, 0.2) is 54.7 Å². The van der Waals surface area contributed by atoms with Crippen LogP contribution < -0.4 is 10.1 Å². The van der Waals surface area contributed by atoms with Crippen LogP contribution in [0.2, 0.25) is 5.02 Å². The average Bonchev–Trinajstić information content (AvgIpc) is 2.94. The third-order valence-electron chi connectivity index (χ3n) is 7.56. The Morgan fingerprint density at radius 1 is 1.09 bits per heavy atom. The molecule has 0 spiro atoms. The van der Waals surface area contributed by atoms with Crippen LogP contribution in [0.4, 0.5) is 18.9 Å². The molecule has 1 saturated carbocycles. The molecule has 0 radical (unpaired) electrons. The van der Waals surface area contributed by atoms with Gasteiger partial charge in [-0.2, -0.15) is 8.78 Å². The summed E-state index contributed by atoms with van der Waals surface area (Å²) in [5.41, 5.74) is -0.319. The smallest absolute Gasteiger partial charge is 0.387 e. The molecule has 236 valence electrons. The largest absolute Gasteiger partial charge is 0.456 e. The van der Waals surface area contributed by atoms with E-state index in [-0.39, 0.29) is 28.0 Å². The molecule has 4 rings (SSSR count). The number of benzene rings is 2. The fraction of sp³-hybridized carbons (Fsp3) is 0.424. The number of rotatable bonds is 9. The third kappa shape index (κ3) is 8.72. The number of carbonyl (C=O) groups is 2. The minimum Gasteiger partial charge on any atom is -0.456 e. The monoisotopic (exact) mass is 632 g/mol. The van der Waals surface area contributed by atoms with Gasteiger partial charge in [0, 0.05) is 17.4 Å². The summed E-state index contributed by atoms with van der Waals surface area (Å²) in [6.07, 6.45) is 4.39. The van der Waals surface area contributed by atoms with Gasteiger partial charge in [0.25, 0.3) is 0 Å². The highest BCUT2D eigenvalue weighted by Gasteiger charge is 2.33. The van der Waals surface area contributed by atoms with E-state index in [1.54, 1.807) is 58.0 Å². The first kappa shape index (κ1) is 33.3. The van der Waals surface area contributed by atoms with Crippen molar-refractivity contribution in [2.45, 2.75) is 83.5 Å². The number of alkyl halides is 2. The number of pyridine rings is 1. The van der Waals surface area contributed by atoms with Crippen molar-refractivity contribution in [3.05, 3.63) is 76.8 Å². The number of anilines is 1. The first-order valence-corrected chi connectivity index (χ1v) is 14.8. The summed E-state index contributed by atoms with van der Waals surface area (Å²) in [4.78, 5) is 30.5. The Labute approximate surface area is 259 Å². The van der Waals surface area contributed by atoms with E-state index >= 15 is 0 Å². The normalized spacial score (nSPS) is 19.4. The predicted molar refractivity (Wildman–Crippen MR) is 161 cm³/mol. The van der Waals surface area contributed by atoms with Gasteiger partial charge in [-0.25, -0.2) is 9.18 Å². The second kappa shape index (κ2) is 13.6. The number of amides is 1. The van der Waals surface area contributed by atoms with Gasteiger partial charge in [0.05, 0.1) is 33.4 Å². The van der Waals surface area contributed by atoms with Gasteiger partial charge in [-0.3, -0.25) is 9.78 Å². The number of hydrogen-bond donors (Lipinski definition) is 2. The van der Waals surface area contributed by atoms with E-state index in [1.165, 1.54) is 12.3 Å². The summed E-state index contributed by atoms with van der Waals surface area (Å²) in [6.45, 7) is 3.94. The van der Waals surface area contributed by atoms with Crippen LogP contribution in [0.3, 0.4) is 0 Å². The van der Waals surface area contributed by atoms with Crippen molar-refractivity contribution in [1.29, 1.82) is 0 Å². The van der Waals surface area contributed by atoms with Gasteiger partial charge in [-0.15, -0.1) is 0 Å². The molecular weight excluding hydrogens is 597 g/mol. The Kier molecular flexibility index (Phi) is 10.3. The van der Waals surface area contributed by atoms with Crippen molar-refractivity contribution >= 4 is 29.2 Å². The Morgan fingerprint density at radius 2 is 1.75 bits per heavy atom. The minimum atomic E-state index is -3.18. The lowest BCUT2D eigenvalue weighted by atomic mass is 9.76. The Balaban J connectivity index is 1.59. The summed E-state index contributed by atoms with van der Waals surface area (Å²) in [6, 6.07) is 11.7. The van der Waals surface area contributed by atoms with E-state index in [0.29, 0.717) is 36.2 Å². The lowest BCUT2D eigenvalue weighted by molar-refractivity contribution is -0.118. The molecule has 1 aliphatic rings. The van der Waals surface area contributed by atoms with Gasteiger partial charge >= 0.3 is 12.6 Å². The zero-order chi connectivity index (χ0) is 32.2. The molecule has 1 fully saturated rings. The highest BCUT2D eigenvalue weighted by molar-refractivity contribution is 6.31. The highest BCUT2D eigenvalue weighted by atomic mass is 35.5. The van der Waals surface area contributed by atoms with Gasteiger partial charge in [-0.1, -0.05) is 17.7 Å². The summed E-state index contributed by atoms with van der Waals surface area (Å²) in [7, 11) is 0. The molecule has 1 unspecified atom stereocenters. The number of nitrogens with one attached hydrogen (secondary N) is 1. The predicted octanol–water partition coefficient (Wildman–Crippen LogP) is 8.15. The minimum absolute atomic E-state index is 0.137. The number of nitrogens with zero attached hydrogens (tertiary/aromatic N) is 1. The molecule has 0 saturated heterocycles. The second-order valence-electron chi connectivity index (χ2n) is 12.4. The maximum atomic E-state index is 15.0. The van der Waals surface area contributed by atoms with Crippen LogP contribution in [0.5, 0.6) is 5.75 Å². The van der Waals surface area contributed by atoms with Crippen molar-refractivity contribution < 1.29 is 37.3 Å². The fourth-order valence-corrected chi connectivity index (χ4v) is 5.40. The number of esters is 1. The Morgan fingerprint density at radius 3 is 2.32 bits per heavy atom. The molecule has 44 heavy (non-hydrogen) atoms. The van der Waals surface area contributed by atoms with Gasteiger partial charge in [0.1, 0.15) is 11.4 Å². The number of aliphatic hydroxyl groups is 1. The SMILES string of the molecule is CC(C)(C)OC(=O)c1ccc(NC(=O)C(C[C@H]2CC[C@@](C)(O)CC2)c2ccc(-c3c(OC(F)F)ccc(Cl)c3F)cn2)cc1. The van der Waals surface area contributed by atoms with Crippen LogP contribution in [0.25, 0.3) is 11.1 Å². The van der Waals surface area contributed by atoms with E-state index < -0.39 is 41.3 Å². The molecule has 3 aromatic rings. The molecule has 1 atom stereocenters. The summed E-state index contributed by atoms with van der Waals surface area (Å²) < 4.78 is 50.9. The maximum absolute atomic E-state index is 15.0. The standard InChI is InChI=1S/C33H36ClF3N2O5/c1-32(2,3)44-30(41)20-5-8-22(9-6-20)39-29(40)23(17-19-13-15-33(4,42)16-14-19)25-11-7-21(18-38-25)27-26(43-31(36)37)12-10-24(34)28(27)35/h5-12,18-19,23,31,42H,13-17H2,1-4H3,(H,39,40)/t19-,23?,33+. The van der Waals surface area contributed by atoms with Gasteiger partial charge in [0.15, 0.2) is 5.82 Å². The second-order valence-corrected chi connectivity index (χ2v) is 12.8. The van der Waals surface area contributed by atoms with Crippen LogP contribution in [0, 0.1) is 11.7 Å². The molecule has 0 bridgehead atoms. The van der Waals surface area contributed by atoms with Crippen molar-refractivity contribution in [2.75, 3.05) is 5.32 Å². The maximum Gasteiger partial charge on any atom is 0.387 e. The molecule has 1 aromatic heterocycles. The molecule has 7 nitrogen and oxygen atoms in total. The number of ether oxygens (including phenoxy) is 2. The molecule has 0 aliphatic heterocycles. The number of halogens is 4. The molecule has 1 aliphatic carbocycles. The molecular formula is C33H36ClF3N2O5. The van der Waals surface area contributed by atoms with Crippen LogP contribution in [0.1, 0.15) is 81.8 Å².